The molecule has 1 amide bonds. The average molecular weight is 477 g/mol. The summed E-state index contributed by atoms with van der Waals surface area (Å²) >= 11 is 5.78. The maximum Gasteiger partial charge on any atom is 0.243 e. The van der Waals surface area contributed by atoms with Gasteiger partial charge in [0.1, 0.15) is 11.6 Å². The molecule has 0 saturated carbocycles. The number of anilines is 1. The van der Waals surface area contributed by atoms with Crippen LogP contribution < -0.4 is 10.1 Å². The van der Waals surface area contributed by atoms with Crippen molar-refractivity contribution in [2.45, 2.75) is 17.4 Å². The van der Waals surface area contributed by atoms with E-state index in [0.29, 0.717) is 17.0 Å². The highest BCUT2D eigenvalue weighted by atomic mass is 35.5. The van der Waals surface area contributed by atoms with Crippen LogP contribution in [0.5, 0.6) is 5.75 Å². The zero-order valence-electron chi connectivity index (χ0n) is 17.5. The van der Waals surface area contributed by atoms with Crippen molar-refractivity contribution in [1.29, 1.82) is 0 Å². The van der Waals surface area contributed by atoms with E-state index in [9.17, 15) is 17.6 Å². The monoisotopic (exact) mass is 476 g/mol. The summed E-state index contributed by atoms with van der Waals surface area (Å²) in [6.45, 7) is 0. The summed E-state index contributed by atoms with van der Waals surface area (Å²) in [6, 6.07) is 17.8. The molecule has 32 heavy (non-hydrogen) atoms. The molecule has 0 spiro atoms. The molecule has 9 heteroatoms. The maximum atomic E-state index is 13.4. The number of carbonyl (C=O) groups is 1. The molecule has 0 aliphatic carbocycles. The van der Waals surface area contributed by atoms with E-state index in [1.54, 1.807) is 42.5 Å². The fourth-order valence-electron chi connectivity index (χ4n) is 3.17. The number of benzene rings is 3. The Bertz CT molecular complexity index is 1190. The van der Waals surface area contributed by atoms with E-state index in [1.165, 1.54) is 42.7 Å². The zero-order valence-corrected chi connectivity index (χ0v) is 19.0. The predicted octanol–water partition coefficient (Wildman–Crippen LogP) is 4.88. The molecule has 168 valence electrons. The van der Waals surface area contributed by atoms with Crippen molar-refractivity contribution in [1.82, 2.24) is 4.31 Å². The summed E-state index contributed by atoms with van der Waals surface area (Å²) in [5, 5.41) is 2.52. The van der Waals surface area contributed by atoms with Gasteiger partial charge in [-0.3, -0.25) is 4.79 Å². The molecule has 0 unspecified atom stereocenters. The van der Waals surface area contributed by atoms with E-state index < -0.39 is 27.8 Å². The highest BCUT2D eigenvalue weighted by Gasteiger charge is 2.31. The summed E-state index contributed by atoms with van der Waals surface area (Å²) in [7, 11) is -0.924. The van der Waals surface area contributed by atoms with Gasteiger partial charge in [0.25, 0.3) is 0 Å². The van der Waals surface area contributed by atoms with E-state index in [4.69, 9.17) is 16.3 Å². The zero-order chi connectivity index (χ0) is 23.3. The van der Waals surface area contributed by atoms with Crippen molar-refractivity contribution in [3.8, 4) is 5.75 Å². The van der Waals surface area contributed by atoms with E-state index in [-0.39, 0.29) is 16.3 Å². The molecule has 0 heterocycles. The van der Waals surface area contributed by atoms with Crippen LogP contribution in [0.3, 0.4) is 0 Å². The summed E-state index contributed by atoms with van der Waals surface area (Å²) in [5.74, 6) is -0.454. The Labute approximate surface area is 191 Å². The Kier molecular flexibility index (Phi) is 7.50. The third-order valence-corrected chi connectivity index (χ3v) is 7.11. The normalized spacial score (nSPS) is 12.4. The van der Waals surface area contributed by atoms with Gasteiger partial charge >= 0.3 is 0 Å². The van der Waals surface area contributed by atoms with Crippen LogP contribution in [0.25, 0.3) is 0 Å². The maximum absolute atomic E-state index is 13.4. The fraction of sp³-hybridized carbons (Fsp3) is 0.174. The van der Waals surface area contributed by atoms with E-state index in [1.807, 2.05) is 0 Å². The van der Waals surface area contributed by atoms with Crippen LogP contribution in [0.15, 0.2) is 77.7 Å². The molecule has 3 aromatic rings. The SMILES string of the molecule is COc1ccc([C@@H](CC(=O)Nc2ccc(F)c(Cl)c2)N(C)S(=O)(=O)c2ccccc2)cc1. The second kappa shape index (κ2) is 10.1. The molecule has 0 aliphatic rings. The Morgan fingerprint density at radius 1 is 1.09 bits per heavy atom. The van der Waals surface area contributed by atoms with Crippen molar-refractivity contribution in [2.24, 2.45) is 0 Å². The number of methoxy groups -OCH3 is 1. The molecule has 0 aromatic heterocycles. The summed E-state index contributed by atoms with van der Waals surface area (Å²) in [4.78, 5) is 12.9. The van der Waals surface area contributed by atoms with Gasteiger partial charge in [0.05, 0.1) is 23.1 Å². The van der Waals surface area contributed by atoms with E-state index in [2.05, 4.69) is 5.32 Å². The lowest BCUT2D eigenvalue weighted by molar-refractivity contribution is -0.117. The van der Waals surface area contributed by atoms with Crippen molar-refractivity contribution >= 4 is 33.2 Å². The Hall–Kier alpha value is -2.94. The van der Waals surface area contributed by atoms with E-state index in [0.717, 1.165) is 6.07 Å². The smallest absolute Gasteiger partial charge is 0.243 e. The number of sulfonamides is 1. The van der Waals surface area contributed by atoms with Crippen molar-refractivity contribution < 1.29 is 22.3 Å². The first-order valence-electron chi connectivity index (χ1n) is 9.64. The number of rotatable bonds is 8. The molecule has 1 atom stereocenters. The Balaban J connectivity index is 1.91. The van der Waals surface area contributed by atoms with Gasteiger partial charge in [-0.15, -0.1) is 0 Å². The molecule has 3 rings (SSSR count). The van der Waals surface area contributed by atoms with Crippen LogP contribution in [0.1, 0.15) is 18.0 Å². The number of hydrogen-bond donors (Lipinski definition) is 1. The van der Waals surface area contributed by atoms with Crippen LogP contribution in [0, 0.1) is 5.82 Å². The molecular formula is C23H22ClFN2O4S. The predicted molar refractivity (Wildman–Crippen MR) is 122 cm³/mol. The topological polar surface area (TPSA) is 75.7 Å². The number of amides is 1. The number of hydrogen-bond acceptors (Lipinski definition) is 4. The first kappa shape index (κ1) is 23.7. The minimum Gasteiger partial charge on any atom is -0.497 e. The van der Waals surface area contributed by atoms with Crippen LogP contribution in [0.4, 0.5) is 10.1 Å². The lowest BCUT2D eigenvalue weighted by Gasteiger charge is -2.28. The highest BCUT2D eigenvalue weighted by molar-refractivity contribution is 7.89. The standard InChI is InChI=1S/C23H22ClFN2O4S/c1-27(32(29,30)19-6-4-3-5-7-19)22(16-8-11-18(31-2)12-9-16)15-23(28)26-17-10-13-21(25)20(24)14-17/h3-14,22H,15H2,1-2H3,(H,26,28)/t22-/m1/s1. The third-order valence-electron chi connectivity index (χ3n) is 4.94. The molecule has 0 saturated heterocycles. The highest BCUT2D eigenvalue weighted by Crippen LogP contribution is 2.30. The van der Waals surface area contributed by atoms with Gasteiger partial charge in [0.2, 0.25) is 15.9 Å². The van der Waals surface area contributed by atoms with Crippen LogP contribution in [-0.2, 0) is 14.8 Å². The van der Waals surface area contributed by atoms with Gasteiger partial charge < -0.3 is 10.1 Å². The number of nitrogens with zero attached hydrogens (tertiary/aromatic N) is 1. The van der Waals surface area contributed by atoms with Crippen LogP contribution in [-0.4, -0.2) is 32.8 Å². The van der Waals surface area contributed by atoms with E-state index >= 15 is 0 Å². The number of carbonyl (C=O) groups excluding carboxylic acids is 1. The molecule has 0 fully saturated rings. The van der Waals surface area contributed by atoms with Crippen molar-refractivity contribution in [3.63, 3.8) is 0 Å². The van der Waals surface area contributed by atoms with Gasteiger partial charge in [-0.1, -0.05) is 41.9 Å². The summed E-state index contributed by atoms with van der Waals surface area (Å²) in [5.41, 5.74) is 0.920. The summed E-state index contributed by atoms with van der Waals surface area (Å²) in [6.07, 6.45) is -0.177. The third kappa shape index (κ3) is 5.45. The fourth-order valence-corrected chi connectivity index (χ4v) is 4.72. The summed E-state index contributed by atoms with van der Waals surface area (Å²) < 4.78 is 46.1. The molecular weight excluding hydrogens is 455 g/mol. The molecule has 0 radical (unpaired) electrons. The van der Waals surface area contributed by atoms with Crippen molar-refractivity contribution in [3.05, 3.63) is 89.2 Å². The van der Waals surface area contributed by atoms with Crippen LogP contribution >= 0.6 is 11.6 Å². The average Bonchev–Trinajstić information content (AvgIpc) is 2.80. The van der Waals surface area contributed by atoms with Gasteiger partial charge in [0.15, 0.2) is 0 Å². The van der Waals surface area contributed by atoms with Gasteiger partial charge in [-0.25, -0.2) is 12.8 Å². The van der Waals surface area contributed by atoms with Gasteiger partial charge in [-0.05, 0) is 48.0 Å². The second-order valence-corrected chi connectivity index (χ2v) is 9.41. The Morgan fingerprint density at radius 3 is 2.34 bits per heavy atom. The minimum absolute atomic E-state index is 0.117. The molecule has 3 aromatic carbocycles. The second-order valence-electron chi connectivity index (χ2n) is 7.00. The lowest BCUT2D eigenvalue weighted by Crippen LogP contribution is -2.33. The number of nitrogens with one attached hydrogen (secondary N) is 1. The first-order valence-corrected chi connectivity index (χ1v) is 11.5. The van der Waals surface area contributed by atoms with Crippen molar-refractivity contribution in [2.75, 3.05) is 19.5 Å². The first-order chi connectivity index (χ1) is 15.2. The molecule has 0 bridgehead atoms. The molecule has 0 aliphatic heterocycles. The Morgan fingerprint density at radius 2 is 1.75 bits per heavy atom. The largest absolute Gasteiger partial charge is 0.497 e. The number of halogens is 2. The number of ether oxygens (including phenoxy) is 1. The molecule has 1 N–H and O–H groups in total. The quantitative estimate of drug-likeness (QED) is 0.503. The molecule has 6 nitrogen and oxygen atoms in total. The lowest BCUT2D eigenvalue weighted by atomic mass is 10.0. The van der Waals surface area contributed by atoms with Gasteiger partial charge in [0, 0.05) is 19.2 Å². The van der Waals surface area contributed by atoms with Crippen LogP contribution in [0.2, 0.25) is 5.02 Å². The minimum atomic E-state index is -3.88. The van der Waals surface area contributed by atoms with Gasteiger partial charge in [-0.2, -0.15) is 4.31 Å².